The predicted octanol–water partition coefficient (Wildman–Crippen LogP) is 4.74. The molecular formula is C24H30N2O4. The highest BCUT2D eigenvalue weighted by Gasteiger charge is 2.23. The van der Waals surface area contributed by atoms with E-state index in [-0.39, 0.29) is 23.6 Å². The Morgan fingerprint density at radius 2 is 1.23 bits per heavy atom. The van der Waals surface area contributed by atoms with Gasteiger partial charge in [-0.25, -0.2) is 0 Å². The molecule has 1 fully saturated rings. The number of rotatable bonds is 8. The Hall–Kier alpha value is -3.02. The molecule has 2 aromatic rings. The van der Waals surface area contributed by atoms with Gasteiger partial charge in [-0.2, -0.15) is 0 Å². The highest BCUT2D eigenvalue weighted by molar-refractivity contribution is 5.86. The lowest BCUT2D eigenvalue weighted by molar-refractivity contribution is 0.318. The van der Waals surface area contributed by atoms with E-state index in [1.807, 2.05) is 38.1 Å². The van der Waals surface area contributed by atoms with Crippen molar-refractivity contribution in [1.82, 2.24) is 0 Å². The molecular weight excluding hydrogens is 380 g/mol. The fourth-order valence-electron chi connectivity index (χ4n) is 3.62. The van der Waals surface area contributed by atoms with Gasteiger partial charge in [0.15, 0.2) is 23.0 Å². The molecule has 0 heterocycles. The number of ether oxygens (including phenoxy) is 2. The summed E-state index contributed by atoms with van der Waals surface area (Å²) < 4.78 is 10.9. The van der Waals surface area contributed by atoms with Crippen LogP contribution in [0, 0.1) is 0 Å². The summed E-state index contributed by atoms with van der Waals surface area (Å²) in [7, 11) is 0. The molecule has 0 spiro atoms. The van der Waals surface area contributed by atoms with Gasteiger partial charge in [0.05, 0.1) is 25.3 Å². The van der Waals surface area contributed by atoms with Crippen molar-refractivity contribution in [3.63, 3.8) is 0 Å². The Morgan fingerprint density at radius 1 is 0.800 bits per heavy atom. The fraction of sp³-hybridized carbons (Fsp3) is 0.417. The van der Waals surface area contributed by atoms with E-state index in [2.05, 4.69) is 0 Å². The number of aliphatic imine (C=N–C) groups is 2. The van der Waals surface area contributed by atoms with Gasteiger partial charge in [-0.3, -0.25) is 9.98 Å². The van der Waals surface area contributed by atoms with Gasteiger partial charge in [0.2, 0.25) is 0 Å². The van der Waals surface area contributed by atoms with Crippen molar-refractivity contribution in [2.75, 3.05) is 13.2 Å². The van der Waals surface area contributed by atoms with E-state index < -0.39 is 0 Å². The molecule has 0 saturated heterocycles. The molecule has 0 amide bonds. The Balaban J connectivity index is 1.76. The van der Waals surface area contributed by atoms with Crippen LogP contribution in [0.2, 0.25) is 0 Å². The van der Waals surface area contributed by atoms with Crippen LogP contribution in [0.4, 0.5) is 0 Å². The molecule has 0 aromatic heterocycles. The van der Waals surface area contributed by atoms with Gasteiger partial charge < -0.3 is 19.7 Å². The highest BCUT2D eigenvalue weighted by Crippen LogP contribution is 2.31. The number of hydrogen-bond donors (Lipinski definition) is 2. The second-order valence-electron chi connectivity index (χ2n) is 7.23. The van der Waals surface area contributed by atoms with Crippen molar-refractivity contribution in [3.05, 3.63) is 47.5 Å². The molecule has 2 N–H and O–H groups in total. The second-order valence-corrected chi connectivity index (χ2v) is 7.23. The van der Waals surface area contributed by atoms with Gasteiger partial charge >= 0.3 is 0 Å². The Bertz CT molecular complexity index is 821. The van der Waals surface area contributed by atoms with E-state index in [0.29, 0.717) is 35.8 Å². The molecule has 0 aliphatic heterocycles. The monoisotopic (exact) mass is 410 g/mol. The van der Waals surface area contributed by atoms with E-state index in [4.69, 9.17) is 19.5 Å². The standard InChI is InChI=1S/C24H30N2O4/c1-3-29-21-13-7-9-17(23(21)27)15-25-19-11-5-6-12-20(19)26-16-18-10-8-14-22(24(18)28)30-4-2/h7-10,13-16,19-20,27-28H,3-6,11-12H2,1-2H3/t19-,20+. The Labute approximate surface area is 177 Å². The van der Waals surface area contributed by atoms with Crippen LogP contribution in [0.15, 0.2) is 46.4 Å². The summed E-state index contributed by atoms with van der Waals surface area (Å²) in [6.45, 7) is 4.75. The first-order valence-corrected chi connectivity index (χ1v) is 10.6. The van der Waals surface area contributed by atoms with E-state index >= 15 is 0 Å². The number of phenolic OH excluding ortho intramolecular Hbond substituents is 2. The molecule has 3 rings (SSSR count). The summed E-state index contributed by atoms with van der Waals surface area (Å²) in [5.41, 5.74) is 1.27. The van der Waals surface area contributed by atoms with Crippen LogP contribution in [0.25, 0.3) is 0 Å². The van der Waals surface area contributed by atoms with Gasteiger partial charge in [-0.15, -0.1) is 0 Å². The van der Waals surface area contributed by atoms with Gasteiger partial charge in [0.25, 0.3) is 0 Å². The maximum atomic E-state index is 10.4. The first-order chi connectivity index (χ1) is 14.6. The summed E-state index contributed by atoms with van der Waals surface area (Å²) in [5.74, 6) is 1.14. The maximum Gasteiger partial charge on any atom is 0.166 e. The van der Waals surface area contributed by atoms with Crippen LogP contribution in [-0.4, -0.2) is 47.9 Å². The third kappa shape index (κ3) is 5.32. The Kier molecular flexibility index (Phi) is 7.71. The quantitative estimate of drug-likeness (QED) is 0.616. The average Bonchev–Trinajstić information content (AvgIpc) is 2.76. The zero-order valence-electron chi connectivity index (χ0n) is 17.6. The zero-order valence-corrected chi connectivity index (χ0v) is 17.6. The SMILES string of the molecule is CCOc1cccc(C=N[C@H]2CCCC[C@H]2N=Cc2cccc(OCC)c2O)c1O. The molecule has 1 saturated carbocycles. The van der Waals surface area contributed by atoms with E-state index in [0.717, 1.165) is 25.7 Å². The smallest absolute Gasteiger partial charge is 0.166 e. The van der Waals surface area contributed by atoms with Gasteiger partial charge in [0.1, 0.15) is 0 Å². The van der Waals surface area contributed by atoms with Crippen LogP contribution in [0.5, 0.6) is 23.0 Å². The third-order valence-corrected chi connectivity index (χ3v) is 5.16. The minimum atomic E-state index is 0.0300. The maximum absolute atomic E-state index is 10.4. The molecule has 1 aliphatic carbocycles. The topological polar surface area (TPSA) is 83.6 Å². The molecule has 30 heavy (non-hydrogen) atoms. The number of benzene rings is 2. The zero-order chi connectivity index (χ0) is 21.3. The first-order valence-electron chi connectivity index (χ1n) is 10.6. The largest absolute Gasteiger partial charge is 0.504 e. The van der Waals surface area contributed by atoms with Crippen molar-refractivity contribution < 1.29 is 19.7 Å². The number of phenols is 2. The lowest BCUT2D eigenvalue weighted by atomic mass is 9.91. The van der Waals surface area contributed by atoms with Crippen molar-refractivity contribution in [2.24, 2.45) is 9.98 Å². The molecule has 6 heteroatoms. The van der Waals surface area contributed by atoms with Gasteiger partial charge in [0, 0.05) is 23.6 Å². The van der Waals surface area contributed by atoms with Crippen LogP contribution in [0.1, 0.15) is 50.7 Å². The van der Waals surface area contributed by atoms with E-state index in [1.165, 1.54) is 0 Å². The van der Waals surface area contributed by atoms with Crippen molar-refractivity contribution >= 4 is 12.4 Å². The summed E-state index contributed by atoms with van der Waals surface area (Å²) in [6, 6.07) is 10.9. The second kappa shape index (κ2) is 10.7. The molecule has 0 unspecified atom stereocenters. The van der Waals surface area contributed by atoms with Crippen molar-refractivity contribution in [1.29, 1.82) is 0 Å². The normalized spacial score (nSPS) is 19.4. The fourth-order valence-corrected chi connectivity index (χ4v) is 3.62. The van der Waals surface area contributed by atoms with Crippen molar-refractivity contribution in [3.8, 4) is 23.0 Å². The number of hydrogen-bond acceptors (Lipinski definition) is 6. The van der Waals surface area contributed by atoms with E-state index in [9.17, 15) is 10.2 Å². The Morgan fingerprint density at radius 3 is 1.63 bits per heavy atom. The molecule has 2 atom stereocenters. The molecule has 1 aliphatic rings. The highest BCUT2D eigenvalue weighted by atomic mass is 16.5. The molecule has 160 valence electrons. The molecule has 6 nitrogen and oxygen atoms in total. The lowest BCUT2D eigenvalue weighted by Crippen LogP contribution is -2.27. The average molecular weight is 411 g/mol. The molecule has 0 radical (unpaired) electrons. The van der Waals surface area contributed by atoms with Crippen LogP contribution >= 0.6 is 0 Å². The number of nitrogens with zero attached hydrogens (tertiary/aromatic N) is 2. The van der Waals surface area contributed by atoms with Crippen LogP contribution in [0.3, 0.4) is 0 Å². The summed E-state index contributed by atoms with van der Waals surface area (Å²) >= 11 is 0. The summed E-state index contributed by atoms with van der Waals surface area (Å²) in [4.78, 5) is 9.47. The van der Waals surface area contributed by atoms with Gasteiger partial charge in [-0.05, 0) is 51.0 Å². The number of para-hydroxylation sites is 2. The lowest BCUT2D eigenvalue weighted by Gasteiger charge is -2.25. The number of aromatic hydroxyl groups is 2. The van der Waals surface area contributed by atoms with E-state index in [1.54, 1.807) is 24.6 Å². The summed E-state index contributed by atoms with van der Waals surface area (Å²) in [6.07, 6.45) is 7.51. The molecule has 0 bridgehead atoms. The van der Waals surface area contributed by atoms with Crippen LogP contribution in [-0.2, 0) is 0 Å². The molecule has 2 aromatic carbocycles. The van der Waals surface area contributed by atoms with Crippen LogP contribution < -0.4 is 9.47 Å². The minimum absolute atomic E-state index is 0.0300. The van der Waals surface area contributed by atoms with Gasteiger partial charge in [-0.1, -0.05) is 25.0 Å². The summed E-state index contributed by atoms with van der Waals surface area (Å²) in [5, 5.41) is 20.8. The minimum Gasteiger partial charge on any atom is -0.504 e. The first kappa shape index (κ1) is 21.7. The van der Waals surface area contributed by atoms with Crippen molar-refractivity contribution in [2.45, 2.75) is 51.6 Å². The third-order valence-electron chi connectivity index (χ3n) is 5.16. The predicted molar refractivity (Wildman–Crippen MR) is 120 cm³/mol.